The quantitative estimate of drug-likeness (QED) is 0.716. The first kappa shape index (κ1) is 11.9. The fourth-order valence-corrected chi connectivity index (χ4v) is 2.68. The predicted octanol–water partition coefficient (Wildman–Crippen LogP) is 0.615. The summed E-state index contributed by atoms with van der Waals surface area (Å²) in [7, 11) is 0. The van der Waals surface area contributed by atoms with E-state index in [1.54, 1.807) is 25.1 Å². The number of anilines is 2. The Morgan fingerprint density at radius 1 is 1.59 bits per heavy atom. The van der Waals surface area contributed by atoms with Crippen LogP contribution >= 0.6 is 11.8 Å². The molecule has 1 unspecified atom stereocenters. The molecule has 1 aromatic carbocycles. The van der Waals surface area contributed by atoms with Gasteiger partial charge in [0, 0.05) is 10.6 Å². The molecule has 2 amide bonds. The summed E-state index contributed by atoms with van der Waals surface area (Å²) >= 11 is 1.38. The van der Waals surface area contributed by atoms with Gasteiger partial charge in [-0.15, -0.1) is 11.8 Å². The lowest BCUT2D eigenvalue weighted by Gasteiger charge is -2.30. The fourth-order valence-electron chi connectivity index (χ4n) is 1.68. The molecule has 1 aliphatic heterocycles. The molecule has 1 heterocycles. The Bertz CT molecular complexity index is 490. The summed E-state index contributed by atoms with van der Waals surface area (Å²) in [4.78, 5) is 25.4. The van der Waals surface area contributed by atoms with Gasteiger partial charge >= 0.3 is 0 Å². The van der Waals surface area contributed by atoms with E-state index in [9.17, 15) is 9.59 Å². The van der Waals surface area contributed by atoms with Gasteiger partial charge < -0.3 is 10.8 Å². The molecule has 0 aromatic heterocycles. The highest BCUT2D eigenvalue weighted by Gasteiger charge is 2.34. The van der Waals surface area contributed by atoms with E-state index in [1.807, 2.05) is 0 Å². The van der Waals surface area contributed by atoms with Crippen LogP contribution in [0.1, 0.15) is 6.92 Å². The summed E-state index contributed by atoms with van der Waals surface area (Å²) in [6, 6.07) is 5.06. The molecule has 3 N–H and O–H groups in total. The number of fused-ring (bicyclic) bond motifs is 1. The Morgan fingerprint density at radius 2 is 2.29 bits per heavy atom. The second-order valence-electron chi connectivity index (χ2n) is 3.71. The number of carbonyl (C=O) groups is 2. The third-order valence-electron chi connectivity index (χ3n) is 2.48. The summed E-state index contributed by atoms with van der Waals surface area (Å²) in [5.74, 6) is -0.957. The molecule has 5 nitrogen and oxygen atoms in total. The lowest BCUT2D eigenvalue weighted by molar-refractivity contribution is -0.127. The molecule has 6 heteroatoms. The van der Waals surface area contributed by atoms with Gasteiger partial charge in [-0.05, 0) is 25.1 Å². The average molecular weight is 252 g/mol. The van der Waals surface area contributed by atoms with Gasteiger partial charge in [0.1, 0.15) is 6.61 Å². The second-order valence-corrected chi connectivity index (χ2v) is 5.10. The van der Waals surface area contributed by atoms with Gasteiger partial charge in [0.2, 0.25) is 5.91 Å². The SMILES string of the molecule is CC1Sc2ccc(N)cc2N(C(=O)CO)C1=O. The third-order valence-corrected chi connectivity index (χ3v) is 3.63. The van der Waals surface area contributed by atoms with E-state index in [4.69, 9.17) is 10.8 Å². The van der Waals surface area contributed by atoms with Crippen LogP contribution in [0.5, 0.6) is 0 Å². The molecule has 1 aromatic rings. The van der Waals surface area contributed by atoms with Gasteiger partial charge in [-0.1, -0.05) is 0 Å². The van der Waals surface area contributed by atoms with Crippen molar-refractivity contribution in [2.24, 2.45) is 0 Å². The zero-order valence-corrected chi connectivity index (χ0v) is 10.0. The highest BCUT2D eigenvalue weighted by Crippen LogP contribution is 2.40. The maximum Gasteiger partial charge on any atom is 0.259 e. The van der Waals surface area contributed by atoms with Gasteiger partial charge in [-0.25, -0.2) is 4.90 Å². The van der Waals surface area contributed by atoms with Gasteiger partial charge in [0.05, 0.1) is 10.9 Å². The number of thioether (sulfide) groups is 1. The van der Waals surface area contributed by atoms with Crippen molar-refractivity contribution in [3.63, 3.8) is 0 Å². The van der Waals surface area contributed by atoms with Crippen molar-refractivity contribution in [2.75, 3.05) is 17.2 Å². The summed E-state index contributed by atoms with van der Waals surface area (Å²) in [5.41, 5.74) is 6.57. The Kier molecular flexibility index (Phi) is 3.08. The van der Waals surface area contributed by atoms with Crippen LogP contribution in [0.3, 0.4) is 0 Å². The van der Waals surface area contributed by atoms with Crippen molar-refractivity contribution in [1.82, 2.24) is 0 Å². The molecule has 0 radical (unpaired) electrons. The molecule has 90 valence electrons. The molecule has 0 aliphatic carbocycles. The number of imide groups is 1. The maximum atomic E-state index is 11.9. The molecular weight excluding hydrogens is 240 g/mol. The smallest absolute Gasteiger partial charge is 0.259 e. The molecule has 0 saturated heterocycles. The number of hydrogen-bond donors (Lipinski definition) is 2. The Hall–Kier alpha value is -1.53. The molecule has 1 atom stereocenters. The predicted molar refractivity (Wildman–Crippen MR) is 65.8 cm³/mol. The number of rotatable bonds is 1. The summed E-state index contributed by atoms with van der Waals surface area (Å²) < 4.78 is 0. The number of amides is 2. The van der Waals surface area contributed by atoms with Crippen molar-refractivity contribution in [3.8, 4) is 0 Å². The number of nitrogen functional groups attached to an aromatic ring is 1. The van der Waals surface area contributed by atoms with Gasteiger partial charge in [0.15, 0.2) is 0 Å². The minimum Gasteiger partial charge on any atom is -0.399 e. The molecule has 0 saturated carbocycles. The third kappa shape index (κ3) is 2.01. The summed E-state index contributed by atoms with van der Waals surface area (Å²) in [5, 5.41) is 8.56. The van der Waals surface area contributed by atoms with Crippen molar-refractivity contribution < 1.29 is 14.7 Å². The molecule has 1 aliphatic rings. The minimum absolute atomic E-state index is 0.327. The first-order valence-electron chi connectivity index (χ1n) is 5.08. The van der Waals surface area contributed by atoms with E-state index < -0.39 is 12.5 Å². The van der Waals surface area contributed by atoms with E-state index in [0.717, 1.165) is 9.80 Å². The first-order chi connectivity index (χ1) is 8.04. The van der Waals surface area contributed by atoms with E-state index in [-0.39, 0.29) is 11.2 Å². The van der Waals surface area contributed by atoms with Crippen LogP contribution in [0.4, 0.5) is 11.4 Å². The maximum absolute atomic E-state index is 11.9. The molecule has 0 bridgehead atoms. The van der Waals surface area contributed by atoms with Crippen LogP contribution in [0.15, 0.2) is 23.1 Å². The van der Waals surface area contributed by atoms with E-state index >= 15 is 0 Å². The zero-order chi connectivity index (χ0) is 12.6. The van der Waals surface area contributed by atoms with Gasteiger partial charge in [0.25, 0.3) is 5.91 Å². The Morgan fingerprint density at radius 3 is 2.94 bits per heavy atom. The number of aliphatic hydroxyl groups excluding tert-OH is 1. The van der Waals surface area contributed by atoms with Crippen LogP contribution < -0.4 is 10.6 Å². The van der Waals surface area contributed by atoms with Crippen molar-refractivity contribution in [2.45, 2.75) is 17.1 Å². The topological polar surface area (TPSA) is 83.6 Å². The molecular formula is C11H12N2O3S. The summed E-state index contributed by atoms with van der Waals surface area (Å²) in [6.07, 6.45) is 0. The van der Waals surface area contributed by atoms with Crippen LogP contribution in [0, 0.1) is 0 Å². The van der Waals surface area contributed by atoms with Gasteiger partial charge in [-0.3, -0.25) is 9.59 Å². The number of nitrogens with two attached hydrogens (primary N) is 1. The van der Waals surface area contributed by atoms with Crippen LogP contribution in [0.2, 0.25) is 0 Å². The lowest BCUT2D eigenvalue weighted by Crippen LogP contribution is -2.45. The van der Waals surface area contributed by atoms with E-state index in [0.29, 0.717) is 11.4 Å². The molecule has 17 heavy (non-hydrogen) atoms. The van der Waals surface area contributed by atoms with Crippen molar-refractivity contribution >= 4 is 35.0 Å². The number of benzene rings is 1. The van der Waals surface area contributed by atoms with E-state index in [1.165, 1.54) is 11.8 Å². The fraction of sp³-hybridized carbons (Fsp3) is 0.273. The highest BCUT2D eigenvalue weighted by atomic mass is 32.2. The van der Waals surface area contributed by atoms with Crippen molar-refractivity contribution in [1.29, 1.82) is 0 Å². The van der Waals surface area contributed by atoms with Crippen molar-refractivity contribution in [3.05, 3.63) is 18.2 Å². The van der Waals surface area contributed by atoms with Gasteiger partial charge in [-0.2, -0.15) is 0 Å². The highest BCUT2D eigenvalue weighted by molar-refractivity contribution is 8.01. The largest absolute Gasteiger partial charge is 0.399 e. The normalized spacial score (nSPS) is 19.1. The number of aliphatic hydroxyl groups is 1. The molecule has 2 rings (SSSR count). The van der Waals surface area contributed by atoms with Crippen LogP contribution in [-0.2, 0) is 9.59 Å². The lowest BCUT2D eigenvalue weighted by atomic mass is 10.2. The Labute approximate surface area is 103 Å². The number of hydrogen-bond acceptors (Lipinski definition) is 5. The minimum atomic E-state index is -0.697. The monoisotopic (exact) mass is 252 g/mol. The summed E-state index contributed by atoms with van der Waals surface area (Å²) in [6.45, 7) is 1.03. The van der Waals surface area contributed by atoms with E-state index in [2.05, 4.69) is 0 Å². The van der Waals surface area contributed by atoms with Crippen LogP contribution in [0.25, 0.3) is 0 Å². The number of nitrogens with zero attached hydrogens (tertiary/aromatic N) is 1. The standard InChI is InChI=1S/C11H12N2O3S/c1-6-11(16)13(10(15)5-14)8-4-7(12)2-3-9(8)17-6/h2-4,6,14H,5,12H2,1H3. The average Bonchev–Trinajstić information content (AvgIpc) is 2.31. The number of carbonyl (C=O) groups excluding carboxylic acids is 2. The molecule has 0 fully saturated rings. The zero-order valence-electron chi connectivity index (χ0n) is 9.21. The second kappa shape index (κ2) is 4.38. The first-order valence-corrected chi connectivity index (χ1v) is 5.96. The molecule has 0 spiro atoms. The Balaban J connectivity index is 2.54. The van der Waals surface area contributed by atoms with Crippen LogP contribution in [-0.4, -0.2) is 28.8 Å².